The Morgan fingerprint density at radius 2 is 2.04 bits per heavy atom. The topological polar surface area (TPSA) is 180 Å². The number of ether oxygens (including phenoxy) is 2. The molecule has 138 valence electrons. The lowest BCUT2D eigenvalue weighted by Gasteiger charge is -2.17. The van der Waals surface area contributed by atoms with E-state index in [1.165, 1.54) is 6.92 Å². The van der Waals surface area contributed by atoms with E-state index in [2.05, 4.69) is 4.74 Å². The molecule has 0 saturated carbocycles. The Hall–Kier alpha value is -2.54. The third kappa shape index (κ3) is 3.76. The lowest BCUT2D eigenvalue weighted by atomic mass is 10.1. The monoisotopic (exact) mass is 359 g/mol. The number of imide groups is 1. The number of H-pyrrole nitrogens is 1. The van der Waals surface area contributed by atoms with Crippen LogP contribution in [0, 0.1) is 0 Å². The van der Waals surface area contributed by atoms with Gasteiger partial charge in [-0.05, 0) is 6.92 Å². The fraction of sp³-hybridized carbons (Fsp3) is 0.538. The van der Waals surface area contributed by atoms with Gasteiger partial charge in [-0.25, -0.2) is 9.59 Å². The number of carbonyl (C=O) groups is 2. The summed E-state index contributed by atoms with van der Waals surface area (Å²) >= 11 is 0. The predicted octanol–water partition coefficient (Wildman–Crippen LogP) is -2.97. The van der Waals surface area contributed by atoms with E-state index in [9.17, 15) is 29.4 Å². The zero-order chi connectivity index (χ0) is 18.7. The number of hydrogen-bond acceptors (Lipinski definition) is 9. The van der Waals surface area contributed by atoms with Crippen molar-refractivity contribution in [2.45, 2.75) is 31.5 Å². The summed E-state index contributed by atoms with van der Waals surface area (Å²) in [6.45, 7) is 0.888. The van der Waals surface area contributed by atoms with Crippen molar-refractivity contribution in [2.75, 3.05) is 13.2 Å². The summed E-state index contributed by atoms with van der Waals surface area (Å²) in [4.78, 5) is 48.8. The SMILES string of the molecule is CCOC(=O)NC(=O)c1cn([C@@H]2O[C@@H](CO)[C@@H](O)[C@H]2O)c(=O)[nH]c1=O. The summed E-state index contributed by atoms with van der Waals surface area (Å²) < 4.78 is 10.3. The fourth-order valence-electron chi connectivity index (χ4n) is 2.27. The normalized spacial score (nSPS) is 25.6. The van der Waals surface area contributed by atoms with Gasteiger partial charge in [-0.1, -0.05) is 0 Å². The largest absolute Gasteiger partial charge is 0.450 e. The number of aromatic nitrogens is 2. The minimum Gasteiger partial charge on any atom is -0.450 e. The van der Waals surface area contributed by atoms with E-state index in [4.69, 9.17) is 9.84 Å². The minimum atomic E-state index is -1.60. The lowest BCUT2D eigenvalue weighted by molar-refractivity contribution is -0.0551. The van der Waals surface area contributed by atoms with Crippen LogP contribution in [0.25, 0.3) is 0 Å². The number of amides is 2. The van der Waals surface area contributed by atoms with Crippen LogP contribution in [0.3, 0.4) is 0 Å². The van der Waals surface area contributed by atoms with Crippen molar-refractivity contribution in [3.63, 3.8) is 0 Å². The zero-order valence-corrected chi connectivity index (χ0v) is 13.0. The molecule has 2 rings (SSSR count). The molecule has 0 radical (unpaired) electrons. The molecule has 0 spiro atoms. The van der Waals surface area contributed by atoms with Gasteiger partial charge in [-0.3, -0.25) is 24.5 Å². The Bertz CT molecular complexity index is 771. The van der Waals surface area contributed by atoms with Crippen LogP contribution >= 0.6 is 0 Å². The Labute approximate surface area is 139 Å². The first-order chi connectivity index (χ1) is 11.8. The molecule has 0 bridgehead atoms. The summed E-state index contributed by atoms with van der Waals surface area (Å²) in [5, 5.41) is 30.5. The van der Waals surface area contributed by atoms with Crippen molar-refractivity contribution in [3.05, 3.63) is 32.6 Å². The van der Waals surface area contributed by atoms with E-state index >= 15 is 0 Å². The van der Waals surface area contributed by atoms with Crippen molar-refractivity contribution in [3.8, 4) is 0 Å². The number of alkyl carbamates (subject to hydrolysis) is 1. The molecule has 12 heteroatoms. The molecule has 2 heterocycles. The van der Waals surface area contributed by atoms with E-state index < -0.39 is 60.0 Å². The van der Waals surface area contributed by atoms with Crippen molar-refractivity contribution >= 4 is 12.0 Å². The molecule has 1 aromatic rings. The molecule has 25 heavy (non-hydrogen) atoms. The Balaban J connectivity index is 2.35. The number of hydrogen-bond donors (Lipinski definition) is 5. The maximum atomic E-state index is 12.0. The molecular formula is C13H17N3O9. The fourth-order valence-corrected chi connectivity index (χ4v) is 2.27. The molecule has 0 unspecified atom stereocenters. The molecule has 0 aliphatic carbocycles. The van der Waals surface area contributed by atoms with Crippen LogP contribution in [0.15, 0.2) is 15.8 Å². The summed E-state index contributed by atoms with van der Waals surface area (Å²) in [7, 11) is 0. The van der Waals surface area contributed by atoms with E-state index in [0.717, 1.165) is 6.20 Å². The first-order valence-corrected chi connectivity index (χ1v) is 7.26. The van der Waals surface area contributed by atoms with Gasteiger partial charge in [-0.2, -0.15) is 0 Å². The maximum Gasteiger partial charge on any atom is 0.414 e. The van der Waals surface area contributed by atoms with Crippen LogP contribution in [-0.2, 0) is 9.47 Å². The molecule has 1 saturated heterocycles. The molecule has 12 nitrogen and oxygen atoms in total. The summed E-state index contributed by atoms with van der Waals surface area (Å²) in [5.74, 6) is -1.14. The highest BCUT2D eigenvalue weighted by Gasteiger charge is 2.44. The Morgan fingerprint density at radius 1 is 1.36 bits per heavy atom. The van der Waals surface area contributed by atoms with Crippen molar-refractivity contribution in [1.82, 2.24) is 14.9 Å². The number of nitrogens with one attached hydrogen (secondary N) is 2. The van der Waals surface area contributed by atoms with Crippen LogP contribution in [0.1, 0.15) is 23.5 Å². The predicted molar refractivity (Wildman–Crippen MR) is 78.8 cm³/mol. The highest BCUT2D eigenvalue weighted by molar-refractivity contribution is 6.02. The van der Waals surface area contributed by atoms with Gasteiger partial charge in [0.25, 0.3) is 11.5 Å². The van der Waals surface area contributed by atoms with E-state index in [1.807, 2.05) is 4.98 Å². The number of rotatable bonds is 4. The molecule has 1 fully saturated rings. The molecule has 5 N–H and O–H groups in total. The third-order valence-corrected chi connectivity index (χ3v) is 3.49. The molecular weight excluding hydrogens is 342 g/mol. The Kier molecular flexibility index (Phi) is 5.69. The molecule has 2 amide bonds. The zero-order valence-electron chi connectivity index (χ0n) is 13.0. The third-order valence-electron chi connectivity index (χ3n) is 3.49. The molecule has 1 aliphatic rings. The molecule has 1 aliphatic heterocycles. The summed E-state index contributed by atoms with van der Waals surface area (Å²) in [6.07, 6.45) is -6.00. The van der Waals surface area contributed by atoms with E-state index in [-0.39, 0.29) is 6.61 Å². The van der Waals surface area contributed by atoms with Gasteiger partial charge < -0.3 is 24.8 Å². The van der Waals surface area contributed by atoms with Crippen LogP contribution in [0.5, 0.6) is 0 Å². The number of aliphatic hydroxyl groups excluding tert-OH is 3. The highest BCUT2D eigenvalue weighted by Crippen LogP contribution is 2.27. The highest BCUT2D eigenvalue weighted by atomic mass is 16.6. The quantitative estimate of drug-likeness (QED) is 0.375. The molecule has 1 aromatic heterocycles. The van der Waals surface area contributed by atoms with Crippen LogP contribution in [0.2, 0.25) is 0 Å². The van der Waals surface area contributed by atoms with E-state index in [1.54, 1.807) is 5.32 Å². The second-order valence-corrected chi connectivity index (χ2v) is 5.11. The van der Waals surface area contributed by atoms with Crippen molar-refractivity contribution < 1.29 is 34.4 Å². The second-order valence-electron chi connectivity index (χ2n) is 5.11. The lowest BCUT2D eigenvalue weighted by Crippen LogP contribution is -2.42. The average Bonchev–Trinajstić information content (AvgIpc) is 2.83. The summed E-state index contributed by atoms with van der Waals surface area (Å²) in [5.41, 5.74) is -2.72. The minimum absolute atomic E-state index is 0.00247. The smallest absolute Gasteiger partial charge is 0.414 e. The van der Waals surface area contributed by atoms with Crippen molar-refractivity contribution in [1.29, 1.82) is 0 Å². The second kappa shape index (κ2) is 7.57. The Morgan fingerprint density at radius 3 is 2.60 bits per heavy atom. The average molecular weight is 359 g/mol. The summed E-state index contributed by atoms with van der Waals surface area (Å²) in [6, 6.07) is 0. The number of carbonyl (C=O) groups excluding carboxylic acids is 2. The van der Waals surface area contributed by atoms with Crippen molar-refractivity contribution in [2.24, 2.45) is 0 Å². The van der Waals surface area contributed by atoms with Gasteiger partial charge in [0.05, 0.1) is 13.2 Å². The van der Waals surface area contributed by atoms with Gasteiger partial charge in [0.1, 0.15) is 23.9 Å². The first-order valence-electron chi connectivity index (χ1n) is 7.26. The van der Waals surface area contributed by atoms with Crippen LogP contribution in [0.4, 0.5) is 4.79 Å². The number of nitrogens with zero attached hydrogens (tertiary/aromatic N) is 1. The standard InChI is InChI=1S/C13H17N3O9/c1-2-24-13(23)15-10(21)5-3-16(12(22)14-9(5)20)11-8(19)7(18)6(4-17)25-11/h3,6-8,11,17-19H,2,4H2,1H3,(H,14,20,22)(H,15,21,23)/t6-,7+,8+,11+/m0/s1. The van der Waals surface area contributed by atoms with Gasteiger partial charge >= 0.3 is 11.8 Å². The van der Waals surface area contributed by atoms with Gasteiger partial charge in [0.15, 0.2) is 6.23 Å². The molecule has 4 atom stereocenters. The number of aromatic amines is 1. The van der Waals surface area contributed by atoms with Gasteiger partial charge in [-0.15, -0.1) is 0 Å². The van der Waals surface area contributed by atoms with Gasteiger partial charge in [0.2, 0.25) is 0 Å². The number of aliphatic hydroxyl groups is 3. The van der Waals surface area contributed by atoms with Gasteiger partial charge in [0, 0.05) is 6.20 Å². The van der Waals surface area contributed by atoms with Crippen LogP contribution < -0.4 is 16.6 Å². The van der Waals surface area contributed by atoms with Crippen LogP contribution in [-0.4, -0.2) is 68.4 Å². The maximum absolute atomic E-state index is 12.0. The molecule has 0 aromatic carbocycles. The first kappa shape index (κ1) is 18.8. The van der Waals surface area contributed by atoms with E-state index in [0.29, 0.717) is 4.57 Å².